The lowest BCUT2D eigenvalue weighted by molar-refractivity contribution is 0.104. The minimum atomic E-state index is -0.154. The van der Waals surface area contributed by atoms with Gasteiger partial charge in [0, 0.05) is 34.8 Å². The third-order valence-electron chi connectivity index (χ3n) is 6.48. The molecule has 0 unspecified atom stereocenters. The molecule has 0 spiro atoms. The predicted octanol–water partition coefficient (Wildman–Crippen LogP) is 6.07. The number of anilines is 2. The summed E-state index contributed by atoms with van der Waals surface area (Å²) >= 11 is 0. The number of ether oxygens (including phenoxy) is 1. The fourth-order valence-electron chi connectivity index (χ4n) is 4.73. The zero-order valence-corrected chi connectivity index (χ0v) is 19.1. The Hall–Kier alpha value is -4.64. The average molecular weight is 459 g/mol. The Labute approximate surface area is 202 Å². The first-order valence-corrected chi connectivity index (χ1v) is 11.5. The molecule has 5 nitrogen and oxygen atoms in total. The first-order valence-electron chi connectivity index (χ1n) is 11.5. The Morgan fingerprint density at radius 3 is 2.20 bits per heavy atom. The molecule has 1 aliphatic rings. The molecule has 5 heteroatoms. The van der Waals surface area contributed by atoms with Gasteiger partial charge in [0.25, 0.3) is 5.56 Å². The smallest absolute Gasteiger partial charge is 0.275 e. The van der Waals surface area contributed by atoms with Crippen LogP contribution in [-0.2, 0) is 13.7 Å². The molecule has 1 heterocycles. The normalized spacial score (nSPS) is 11.9. The summed E-state index contributed by atoms with van der Waals surface area (Å²) in [5.41, 5.74) is 5.63. The van der Waals surface area contributed by atoms with Gasteiger partial charge in [0.15, 0.2) is 5.78 Å². The van der Waals surface area contributed by atoms with E-state index in [0.29, 0.717) is 23.4 Å². The van der Waals surface area contributed by atoms with Crippen molar-refractivity contribution in [2.75, 3.05) is 5.32 Å². The molecule has 0 atom stereocenters. The highest BCUT2D eigenvalue weighted by molar-refractivity contribution is 6.27. The maximum Gasteiger partial charge on any atom is 0.275 e. The summed E-state index contributed by atoms with van der Waals surface area (Å²) in [6.07, 6.45) is 0. The first kappa shape index (κ1) is 20.9. The Kier molecular flexibility index (Phi) is 4.96. The van der Waals surface area contributed by atoms with Crippen molar-refractivity contribution in [1.82, 2.24) is 4.57 Å². The van der Waals surface area contributed by atoms with Gasteiger partial charge in [0.1, 0.15) is 18.0 Å². The minimum Gasteiger partial charge on any atom is -0.489 e. The lowest BCUT2D eigenvalue weighted by Crippen LogP contribution is -2.24. The predicted molar refractivity (Wildman–Crippen MR) is 139 cm³/mol. The molecule has 0 amide bonds. The van der Waals surface area contributed by atoms with Gasteiger partial charge in [-0.15, -0.1) is 0 Å². The number of aromatic nitrogens is 1. The minimum absolute atomic E-state index is 0.0248. The van der Waals surface area contributed by atoms with Gasteiger partial charge >= 0.3 is 0 Å². The van der Waals surface area contributed by atoms with Gasteiger partial charge in [-0.3, -0.25) is 9.59 Å². The lowest BCUT2D eigenvalue weighted by atomic mass is 9.83. The summed E-state index contributed by atoms with van der Waals surface area (Å²) in [5, 5.41) is 4.14. The van der Waals surface area contributed by atoms with Crippen LogP contribution < -0.4 is 15.6 Å². The van der Waals surface area contributed by atoms with E-state index in [1.165, 1.54) is 0 Å². The van der Waals surface area contributed by atoms with Crippen LogP contribution in [0.15, 0.2) is 102 Å². The summed E-state index contributed by atoms with van der Waals surface area (Å²) in [5.74, 6) is 0.716. The molecule has 0 radical (unpaired) electrons. The van der Waals surface area contributed by atoms with Crippen LogP contribution in [0.5, 0.6) is 5.75 Å². The molecule has 170 valence electrons. The lowest BCUT2D eigenvalue weighted by Gasteiger charge is -2.24. The molecular formula is C30H22N2O3. The zero-order valence-electron chi connectivity index (χ0n) is 19.1. The SMILES string of the molecule is Cn1c(=O)c(Nc2ccc(OCc3ccccc3)cc2)c2c3c(cccc31)C(=O)c1ccccc1-2. The van der Waals surface area contributed by atoms with Gasteiger partial charge in [-0.1, -0.05) is 66.7 Å². The van der Waals surface area contributed by atoms with Gasteiger partial charge in [-0.05, 0) is 41.5 Å². The number of ketones is 1. The highest BCUT2D eigenvalue weighted by Gasteiger charge is 2.29. The second-order valence-electron chi connectivity index (χ2n) is 8.61. The topological polar surface area (TPSA) is 60.3 Å². The van der Waals surface area contributed by atoms with E-state index in [0.717, 1.165) is 39.0 Å². The number of carbonyl (C=O) groups is 1. The molecule has 1 N–H and O–H groups in total. The summed E-state index contributed by atoms with van der Waals surface area (Å²) in [4.78, 5) is 26.8. The molecule has 4 aromatic carbocycles. The standard InChI is InChI=1S/C30H22N2O3/c1-32-25-13-7-12-24-26(25)27(22-10-5-6-11-23(22)29(24)33)28(30(32)34)31-20-14-16-21(17-15-20)35-18-19-8-3-2-4-9-19/h2-17,31H,18H2,1H3. The number of pyridine rings is 1. The average Bonchev–Trinajstić information content (AvgIpc) is 2.91. The first-order chi connectivity index (χ1) is 17.1. The summed E-state index contributed by atoms with van der Waals surface area (Å²) in [7, 11) is 1.74. The molecule has 0 bridgehead atoms. The van der Waals surface area contributed by atoms with E-state index >= 15 is 0 Å². The van der Waals surface area contributed by atoms with Crippen LogP contribution in [-0.4, -0.2) is 10.4 Å². The number of aryl methyl sites for hydroxylation is 1. The van der Waals surface area contributed by atoms with Gasteiger partial charge in [-0.25, -0.2) is 0 Å². The van der Waals surface area contributed by atoms with Crippen molar-refractivity contribution in [2.24, 2.45) is 7.05 Å². The molecule has 0 saturated carbocycles. The molecular weight excluding hydrogens is 436 g/mol. The van der Waals surface area contributed by atoms with Gasteiger partial charge in [0.2, 0.25) is 0 Å². The summed E-state index contributed by atoms with van der Waals surface area (Å²) in [6, 6.07) is 30.5. The Morgan fingerprint density at radius 2 is 1.43 bits per heavy atom. The van der Waals surface area contributed by atoms with Gasteiger partial charge < -0.3 is 14.6 Å². The molecule has 1 aliphatic carbocycles. The van der Waals surface area contributed by atoms with Gasteiger partial charge in [-0.2, -0.15) is 0 Å². The number of hydrogen-bond donors (Lipinski definition) is 1. The third kappa shape index (κ3) is 3.49. The van der Waals surface area contributed by atoms with Crippen molar-refractivity contribution in [3.63, 3.8) is 0 Å². The maximum atomic E-state index is 13.5. The van der Waals surface area contributed by atoms with E-state index in [1.54, 1.807) is 11.6 Å². The maximum absolute atomic E-state index is 13.5. The number of nitrogens with zero attached hydrogens (tertiary/aromatic N) is 1. The number of nitrogens with one attached hydrogen (secondary N) is 1. The summed E-state index contributed by atoms with van der Waals surface area (Å²) in [6.45, 7) is 0.483. The Morgan fingerprint density at radius 1 is 0.743 bits per heavy atom. The molecule has 0 aliphatic heterocycles. The van der Waals surface area contributed by atoms with Crippen LogP contribution in [0.25, 0.3) is 22.0 Å². The van der Waals surface area contributed by atoms with Crippen LogP contribution in [0.2, 0.25) is 0 Å². The quantitative estimate of drug-likeness (QED) is 0.341. The molecule has 0 saturated heterocycles. The van der Waals surface area contributed by atoms with Crippen molar-refractivity contribution < 1.29 is 9.53 Å². The van der Waals surface area contributed by atoms with Crippen LogP contribution in [0.3, 0.4) is 0 Å². The fourth-order valence-corrected chi connectivity index (χ4v) is 4.73. The van der Waals surface area contributed by atoms with Crippen molar-refractivity contribution in [3.05, 3.63) is 124 Å². The molecule has 1 aromatic heterocycles. The van der Waals surface area contributed by atoms with Crippen LogP contribution in [0, 0.1) is 0 Å². The Balaban J connectivity index is 1.42. The molecule has 6 rings (SSSR count). The van der Waals surface area contributed by atoms with E-state index in [9.17, 15) is 9.59 Å². The number of hydrogen-bond acceptors (Lipinski definition) is 4. The fraction of sp³-hybridized carbons (Fsp3) is 0.0667. The van der Waals surface area contributed by atoms with Crippen LogP contribution in [0.4, 0.5) is 11.4 Å². The molecule has 0 fully saturated rings. The number of carbonyl (C=O) groups excluding carboxylic acids is 1. The van der Waals surface area contributed by atoms with E-state index in [2.05, 4.69) is 5.32 Å². The Bertz CT molecular complexity index is 1650. The van der Waals surface area contributed by atoms with Crippen molar-refractivity contribution in [3.8, 4) is 16.9 Å². The van der Waals surface area contributed by atoms with Crippen LogP contribution in [0.1, 0.15) is 21.5 Å². The number of benzene rings is 4. The van der Waals surface area contributed by atoms with Crippen molar-refractivity contribution in [1.29, 1.82) is 0 Å². The highest BCUT2D eigenvalue weighted by atomic mass is 16.5. The summed E-state index contributed by atoms with van der Waals surface area (Å²) < 4.78 is 7.50. The number of rotatable bonds is 5. The molecule has 35 heavy (non-hydrogen) atoms. The van der Waals surface area contributed by atoms with E-state index in [4.69, 9.17) is 4.74 Å². The zero-order chi connectivity index (χ0) is 23.9. The number of fused-ring (bicyclic) bond motifs is 2. The van der Waals surface area contributed by atoms with Crippen LogP contribution >= 0.6 is 0 Å². The van der Waals surface area contributed by atoms with Crippen molar-refractivity contribution in [2.45, 2.75) is 6.61 Å². The molecule has 5 aromatic rings. The largest absolute Gasteiger partial charge is 0.489 e. The second-order valence-corrected chi connectivity index (χ2v) is 8.61. The van der Waals surface area contributed by atoms with E-state index < -0.39 is 0 Å². The van der Waals surface area contributed by atoms with E-state index in [-0.39, 0.29) is 11.3 Å². The van der Waals surface area contributed by atoms with E-state index in [1.807, 2.05) is 97.1 Å². The monoisotopic (exact) mass is 458 g/mol. The van der Waals surface area contributed by atoms with Crippen molar-refractivity contribution >= 4 is 28.1 Å². The van der Waals surface area contributed by atoms with Gasteiger partial charge in [0.05, 0.1) is 5.52 Å². The second kappa shape index (κ2) is 8.29. The third-order valence-corrected chi connectivity index (χ3v) is 6.48. The highest BCUT2D eigenvalue weighted by Crippen LogP contribution is 2.42.